The molecule has 1 amide bonds. The minimum Gasteiger partial charge on any atom is -0.496 e. The van der Waals surface area contributed by atoms with E-state index in [1.807, 2.05) is 56.3 Å². The number of carbonyl (C=O) groups is 1. The summed E-state index contributed by atoms with van der Waals surface area (Å²) in [6.07, 6.45) is 2.23. The topological polar surface area (TPSA) is 74.8 Å². The van der Waals surface area contributed by atoms with Crippen molar-refractivity contribution in [3.63, 3.8) is 0 Å². The van der Waals surface area contributed by atoms with E-state index in [9.17, 15) is 4.79 Å². The summed E-state index contributed by atoms with van der Waals surface area (Å²) >= 11 is 0. The Kier molecular flexibility index (Phi) is 12.6. The summed E-state index contributed by atoms with van der Waals surface area (Å²) in [4.78, 5) is 16.3. The Bertz CT molecular complexity index is 794. The van der Waals surface area contributed by atoms with Gasteiger partial charge >= 0.3 is 0 Å². The van der Waals surface area contributed by atoms with Crippen molar-refractivity contribution in [2.24, 2.45) is 4.99 Å². The number of halogens is 1. The van der Waals surface area contributed by atoms with Crippen LogP contribution < -0.4 is 20.7 Å². The summed E-state index contributed by atoms with van der Waals surface area (Å²) in [5.41, 5.74) is 3.07. The molecule has 2 aromatic carbocycles. The molecular weight excluding hydrogens is 491 g/mol. The Morgan fingerprint density at radius 3 is 2.43 bits per heavy atom. The van der Waals surface area contributed by atoms with Gasteiger partial charge in [-0.2, -0.15) is 0 Å². The number of methoxy groups -OCH3 is 1. The number of benzene rings is 2. The molecule has 30 heavy (non-hydrogen) atoms. The van der Waals surface area contributed by atoms with Crippen LogP contribution in [0.1, 0.15) is 37.8 Å². The zero-order chi connectivity index (χ0) is 20.9. The van der Waals surface area contributed by atoms with Crippen LogP contribution in [-0.4, -0.2) is 32.1 Å². The first kappa shape index (κ1) is 25.7. The molecule has 0 saturated heterocycles. The van der Waals surface area contributed by atoms with Gasteiger partial charge in [-0.15, -0.1) is 24.0 Å². The van der Waals surface area contributed by atoms with Crippen molar-refractivity contribution >= 4 is 41.5 Å². The van der Waals surface area contributed by atoms with Crippen LogP contribution in [0.2, 0.25) is 0 Å². The second-order valence-corrected chi connectivity index (χ2v) is 6.68. The van der Waals surface area contributed by atoms with Crippen LogP contribution in [0.15, 0.2) is 53.5 Å². The molecule has 0 aliphatic heterocycles. The maximum absolute atomic E-state index is 11.7. The molecule has 0 aliphatic carbocycles. The van der Waals surface area contributed by atoms with Crippen molar-refractivity contribution < 1.29 is 9.53 Å². The van der Waals surface area contributed by atoms with Crippen LogP contribution in [0.25, 0.3) is 0 Å². The lowest BCUT2D eigenvalue weighted by molar-refractivity contribution is -0.116. The first-order valence-corrected chi connectivity index (χ1v) is 10.2. The van der Waals surface area contributed by atoms with Crippen LogP contribution >= 0.6 is 24.0 Å². The largest absolute Gasteiger partial charge is 0.496 e. The number of anilines is 1. The molecule has 0 aromatic heterocycles. The summed E-state index contributed by atoms with van der Waals surface area (Å²) in [5, 5.41) is 9.54. The molecule has 164 valence electrons. The van der Waals surface area contributed by atoms with E-state index >= 15 is 0 Å². The Morgan fingerprint density at radius 2 is 1.77 bits per heavy atom. The van der Waals surface area contributed by atoms with E-state index in [4.69, 9.17) is 4.74 Å². The van der Waals surface area contributed by atoms with Crippen molar-refractivity contribution in [2.45, 2.75) is 39.7 Å². The highest BCUT2D eigenvalue weighted by Gasteiger charge is 2.04. The third kappa shape index (κ3) is 9.02. The number of rotatable bonds is 10. The minimum absolute atomic E-state index is 0. The van der Waals surface area contributed by atoms with Gasteiger partial charge in [0.05, 0.1) is 13.7 Å². The normalized spacial score (nSPS) is 10.7. The number of para-hydroxylation sites is 1. The van der Waals surface area contributed by atoms with Gasteiger partial charge in [-0.1, -0.05) is 37.3 Å². The Balaban J connectivity index is 0.00000450. The predicted octanol–water partition coefficient (Wildman–Crippen LogP) is 4.35. The van der Waals surface area contributed by atoms with Gasteiger partial charge < -0.3 is 20.7 Å². The van der Waals surface area contributed by atoms with Crippen molar-refractivity contribution in [1.29, 1.82) is 0 Å². The molecular formula is C23H33IN4O2. The molecule has 6 nitrogen and oxygen atoms in total. The van der Waals surface area contributed by atoms with Crippen molar-refractivity contribution in [3.05, 3.63) is 59.7 Å². The van der Waals surface area contributed by atoms with Crippen LogP contribution in [0.3, 0.4) is 0 Å². The molecule has 0 aliphatic rings. The molecule has 3 N–H and O–H groups in total. The number of hydrogen-bond donors (Lipinski definition) is 3. The first-order valence-electron chi connectivity index (χ1n) is 10.2. The van der Waals surface area contributed by atoms with E-state index in [1.54, 1.807) is 7.11 Å². The summed E-state index contributed by atoms with van der Waals surface area (Å²) in [7, 11) is 1.69. The van der Waals surface area contributed by atoms with E-state index in [1.165, 1.54) is 5.56 Å². The fraction of sp³-hybridized carbons (Fsp3) is 0.391. The van der Waals surface area contributed by atoms with Gasteiger partial charge in [0, 0.05) is 25.2 Å². The van der Waals surface area contributed by atoms with Crippen molar-refractivity contribution in [3.8, 4) is 5.75 Å². The fourth-order valence-electron chi connectivity index (χ4n) is 2.88. The smallest absolute Gasteiger partial charge is 0.224 e. The summed E-state index contributed by atoms with van der Waals surface area (Å²) in [6.45, 7) is 6.16. The average molecular weight is 524 g/mol. The van der Waals surface area contributed by atoms with Crippen LogP contribution in [0.4, 0.5) is 5.69 Å². The minimum atomic E-state index is 0. The molecule has 0 radical (unpaired) electrons. The number of aliphatic imine (C=N–C) groups is 1. The molecule has 7 heteroatoms. The molecule has 2 rings (SSSR count). The molecule has 0 heterocycles. The van der Waals surface area contributed by atoms with Crippen LogP contribution in [0.5, 0.6) is 5.75 Å². The number of amides is 1. The maximum atomic E-state index is 11.7. The highest BCUT2D eigenvalue weighted by molar-refractivity contribution is 14.0. The quantitative estimate of drug-likeness (QED) is 0.246. The molecule has 0 unspecified atom stereocenters. The van der Waals surface area contributed by atoms with Crippen molar-refractivity contribution in [2.75, 3.05) is 25.5 Å². The number of nitrogens with zero attached hydrogens (tertiary/aromatic N) is 1. The fourth-order valence-corrected chi connectivity index (χ4v) is 2.88. The molecule has 0 fully saturated rings. The summed E-state index contributed by atoms with van der Waals surface area (Å²) in [6, 6.07) is 15.9. The number of nitrogens with one attached hydrogen (secondary N) is 3. The zero-order valence-electron chi connectivity index (χ0n) is 18.0. The SMILES string of the molecule is CCCC(=O)Nc1ccc(CN=C(NCC)NCCc2ccccc2OC)cc1.I. The maximum Gasteiger partial charge on any atom is 0.224 e. The Hall–Kier alpha value is -2.29. The van der Waals surface area contributed by atoms with Gasteiger partial charge in [0.1, 0.15) is 5.75 Å². The second kappa shape index (κ2) is 14.7. The van der Waals surface area contributed by atoms with E-state index < -0.39 is 0 Å². The molecule has 0 bridgehead atoms. The van der Waals surface area contributed by atoms with Crippen molar-refractivity contribution in [1.82, 2.24) is 10.6 Å². The monoisotopic (exact) mass is 524 g/mol. The molecule has 0 atom stereocenters. The number of guanidine groups is 1. The number of ether oxygens (including phenoxy) is 1. The molecule has 2 aromatic rings. The van der Waals surface area contributed by atoms with Gasteiger partial charge in [-0.25, -0.2) is 4.99 Å². The summed E-state index contributed by atoms with van der Waals surface area (Å²) in [5.74, 6) is 1.73. The van der Waals surface area contributed by atoms with Gasteiger partial charge in [-0.05, 0) is 49.1 Å². The lowest BCUT2D eigenvalue weighted by atomic mass is 10.1. The van der Waals surface area contributed by atoms with Crippen LogP contribution in [-0.2, 0) is 17.8 Å². The molecule has 0 saturated carbocycles. The van der Waals surface area contributed by atoms with Gasteiger partial charge in [0.15, 0.2) is 5.96 Å². The van der Waals surface area contributed by atoms with E-state index in [2.05, 4.69) is 27.0 Å². The van der Waals surface area contributed by atoms with E-state index in [-0.39, 0.29) is 29.9 Å². The Morgan fingerprint density at radius 1 is 1.03 bits per heavy atom. The Labute approximate surface area is 196 Å². The zero-order valence-corrected chi connectivity index (χ0v) is 20.4. The highest BCUT2D eigenvalue weighted by Crippen LogP contribution is 2.17. The third-order valence-electron chi connectivity index (χ3n) is 4.36. The van der Waals surface area contributed by atoms with Crippen LogP contribution in [0, 0.1) is 0 Å². The lowest BCUT2D eigenvalue weighted by Gasteiger charge is -2.13. The highest BCUT2D eigenvalue weighted by atomic mass is 127. The number of carbonyl (C=O) groups excluding carboxylic acids is 1. The van der Waals surface area contributed by atoms with E-state index in [0.717, 1.165) is 48.9 Å². The third-order valence-corrected chi connectivity index (χ3v) is 4.36. The molecule has 0 spiro atoms. The average Bonchev–Trinajstić information content (AvgIpc) is 2.73. The van der Waals surface area contributed by atoms with Gasteiger partial charge in [0.25, 0.3) is 0 Å². The number of hydrogen-bond acceptors (Lipinski definition) is 3. The van der Waals surface area contributed by atoms with Gasteiger partial charge in [-0.3, -0.25) is 4.79 Å². The van der Waals surface area contributed by atoms with E-state index in [0.29, 0.717) is 13.0 Å². The predicted molar refractivity (Wildman–Crippen MR) is 135 cm³/mol. The summed E-state index contributed by atoms with van der Waals surface area (Å²) < 4.78 is 5.40. The lowest BCUT2D eigenvalue weighted by Crippen LogP contribution is -2.38. The standard InChI is InChI=1S/C23H32N4O2.HI/c1-4-8-22(28)27-20-13-11-18(12-14-20)17-26-23(24-5-2)25-16-15-19-9-6-7-10-21(19)29-3;/h6-7,9-14H,4-5,8,15-17H2,1-3H3,(H,27,28)(H2,24,25,26);1H. The first-order chi connectivity index (χ1) is 14.2. The van der Waals surface area contributed by atoms with Gasteiger partial charge in [0.2, 0.25) is 5.91 Å². The second-order valence-electron chi connectivity index (χ2n) is 6.68.